The van der Waals surface area contributed by atoms with Crippen molar-refractivity contribution in [1.29, 1.82) is 0 Å². The van der Waals surface area contributed by atoms with Gasteiger partial charge in [-0.25, -0.2) is 14.6 Å². The van der Waals surface area contributed by atoms with E-state index >= 15 is 0 Å². The van der Waals surface area contributed by atoms with Crippen LogP contribution in [-0.4, -0.2) is 48.6 Å². The second-order valence-corrected chi connectivity index (χ2v) is 7.92. The SMILES string of the molecule is CC=CN1CCC[C@@H](n2nc(C(=O)Nc3nc4c(C)cccc4o3)c3c(N)ncnc32)C1. The molecular weight excluding hydrogens is 408 g/mol. The van der Waals surface area contributed by atoms with Gasteiger partial charge in [0, 0.05) is 13.1 Å². The number of rotatable bonds is 4. The Morgan fingerprint density at radius 3 is 3.03 bits per heavy atom. The van der Waals surface area contributed by atoms with Gasteiger partial charge in [-0.2, -0.15) is 10.1 Å². The van der Waals surface area contributed by atoms with Gasteiger partial charge in [-0.1, -0.05) is 18.2 Å². The summed E-state index contributed by atoms with van der Waals surface area (Å²) < 4.78 is 7.49. The lowest BCUT2D eigenvalue weighted by Crippen LogP contribution is -2.33. The second kappa shape index (κ2) is 7.95. The summed E-state index contributed by atoms with van der Waals surface area (Å²) in [7, 11) is 0. The number of hydrogen-bond acceptors (Lipinski definition) is 8. The van der Waals surface area contributed by atoms with E-state index < -0.39 is 5.91 Å². The molecule has 1 aliphatic heterocycles. The van der Waals surface area contributed by atoms with Gasteiger partial charge >= 0.3 is 6.01 Å². The number of nitrogens with zero attached hydrogens (tertiary/aromatic N) is 6. The first-order valence-electron chi connectivity index (χ1n) is 10.6. The third-order valence-electron chi connectivity index (χ3n) is 5.71. The minimum atomic E-state index is -0.472. The monoisotopic (exact) mass is 432 g/mol. The molecule has 1 amide bonds. The number of nitrogens with one attached hydrogen (secondary N) is 1. The van der Waals surface area contributed by atoms with Gasteiger partial charge in [-0.05, 0) is 44.5 Å². The van der Waals surface area contributed by atoms with Crippen LogP contribution in [0.2, 0.25) is 0 Å². The number of aromatic nitrogens is 5. The summed E-state index contributed by atoms with van der Waals surface area (Å²) in [6.07, 6.45) is 7.43. The molecule has 1 atom stereocenters. The van der Waals surface area contributed by atoms with Crippen LogP contribution in [0.5, 0.6) is 0 Å². The minimum absolute atomic E-state index is 0.0604. The predicted molar refractivity (Wildman–Crippen MR) is 121 cm³/mol. The second-order valence-electron chi connectivity index (χ2n) is 7.92. The number of piperidine rings is 1. The summed E-state index contributed by atoms with van der Waals surface area (Å²) in [5, 5.41) is 7.78. The number of carbonyl (C=O) groups is 1. The molecule has 0 aliphatic carbocycles. The standard InChI is InChI=1S/C22H24N8O2/c1-3-9-29-10-5-7-14(11-29)30-20-16(19(23)24-12-25-20)18(28-30)21(31)27-22-26-17-13(2)6-4-8-15(17)32-22/h3-4,6,8-9,12,14H,5,7,10-11H2,1-2H3,(H2,23,24,25)(H,26,27,31)/t14-/m1/s1. The smallest absolute Gasteiger partial charge is 0.302 e. The molecule has 3 N–H and O–H groups in total. The van der Waals surface area contributed by atoms with Crippen LogP contribution in [-0.2, 0) is 0 Å². The van der Waals surface area contributed by atoms with E-state index in [1.54, 1.807) is 10.7 Å². The highest BCUT2D eigenvalue weighted by Crippen LogP contribution is 2.29. The van der Waals surface area contributed by atoms with E-state index in [0.717, 1.165) is 31.5 Å². The zero-order valence-corrected chi connectivity index (χ0v) is 17.9. The fraction of sp³-hybridized carbons (Fsp3) is 0.318. The number of para-hydroxylation sites is 1. The maximum absolute atomic E-state index is 13.2. The van der Waals surface area contributed by atoms with Crippen LogP contribution >= 0.6 is 0 Å². The summed E-state index contributed by atoms with van der Waals surface area (Å²) in [5.41, 5.74) is 9.10. The third kappa shape index (κ3) is 3.43. The fourth-order valence-corrected chi connectivity index (χ4v) is 4.23. The number of fused-ring (bicyclic) bond motifs is 2. The molecule has 10 nitrogen and oxygen atoms in total. The number of aryl methyl sites for hydroxylation is 1. The summed E-state index contributed by atoms with van der Waals surface area (Å²) in [6.45, 7) is 5.69. The largest absolute Gasteiger partial charge is 0.423 e. The number of allylic oxidation sites excluding steroid dienone is 1. The summed E-state index contributed by atoms with van der Waals surface area (Å²) >= 11 is 0. The number of nitrogen functional groups attached to an aromatic ring is 1. The van der Waals surface area contributed by atoms with Gasteiger partial charge in [-0.3, -0.25) is 10.1 Å². The van der Waals surface area contributed by atoms with Crippen LogP contribution in [0.15, 0.2) is 41.2 Å². The molecule has 5 rings (SSSR count). The summed E-state index contributed by atoms with van der Waals surface area (Å²) in [5.74, 6) is -0.262. The van der Waals surface area contributed by atoms with Crippen molar-refractivity contribution in [3.63, 3.8) is 0 Å². The highest BCUT2D eigenvalue weighted by atomic mass is 16.4. The first kappa shape index (κ1) is 20.0. The van der Waals surface area contributed by atoms with Gasteiger partial charge in [0.05, 0.1) is 11.4 Å². The van der Waals surface area contributed by atoms with Gasteiger partial charge in [0.1, 0.15) is 17.7 Å². The van der Waals surface area contributed by atoms with Crippen molar-refractivity contribution in [1.82, 2.24) is 29.6 Å². The Kier molecular flexibility index (Phi) is 4.96. The van der Waals surface area contributed by atoms with Gasteiger partial charge in [0.2, 0.25) is 0 Å². The Bertz CT molecular complexity index is 1340. The van der Waals surface area contributed by atoms with Crippen molar-refractivity contribution in [2.45, 2.75) is 32.7 Å². The highest BCUT2D eigenvalue weighted by molar-refractivity contribution is 6.12. The number of oxazole rings is 1. The topological polar surface area (TPSA) is 128 Å². The van der Waals surface area contributed by atoms with E-state index in [-0.39, 0.29) is 23.6 Å². The number of carbonyl (C=O) groups excluding carboxylic acids is 1. The molecule has 3 aromatic heterocycles. The molecular formula is C22H24N8O2. The quantitative estimate of drug-likeness (QED) is 0.503. The van der Waals surface area contributed by atoms with Crippen LogP contribution in [0, 0.1) is 6.92 Å². The van der Waals surface area contributed by atoms with Crippen molar-refractivity contribution in [2.24, 2.45) is 0 Å². The van der Waals surface area contributed by atoms with E-state index in [1.807, 2.05) is 32.1 Å². The van der Waals surface area contributed by atoms with Crippen LogP contribution in [0.1, 0.15) is 41.9 Å². The predicted octanol–water partition coefficient (Wildman–Crippen LogP) is 3.28. The zero-order chi connectivity index (χ0) is 22.2. The Morgan fingerprint density at radius 2 is 2.22 bits per heavy atom. The summed E-state index contributed by atoms with van der Waals surface area (Å²) in [4.78, 5) is 28.3. The number of nitrogens with two attached hydrogens (primary N) is 1. The van der Waals surface area contributed by atoms with E-state index in [1.165, 1.54) is 6.33 Å². The van der Waals surface area contributed by atoms with Crippen LogP contribution in [0.3, 0.4) is 0 Å². The lowest BCUT2D eigenvalue weighted by molar-refractivity contribution is 0.101. The van der Waals surface area contributed by atoms with Crippen molar-refractivity contribution in [3.8, 4) is 0 Å². The van der Waals surface area contributed by atoms with Gasteiger partial charge in [0.15, 0.2) is 16.9 Å². The molecule has 1 fully saturated rings. The fourth-order valence-electron chi connectivity index (χ4n) is 4.23. The zero-order valence-electron chi connectivity index (χ0n) is 17.9. The number of benzene rings is 1. The lowest BCUT2D eigenvalue weighted by Gasteiger charge is -2.32. The molecule has 32 heavy (non-hydrogen) atoms. The maximum Gasteiger partial charge on any atom is 0.302 e. The van der Waals surface area contributed by atoms with E-state index in [9.17, 15) is 4.79 Å². The lowest BCUT2D eigenvalue weighted by atomic mass is 10.1. The molecule has 4 heterocycles. The number of amides is 1. The molecule has 1 saturated heterocycles. The summed E-state index contributed by atoms with van der Waals surface area (Å²) in [6, 6.07) is 5.79. The minimum Gasteiger partial charge on any atom is -0.423 e. The van der Waals surface area contributed by atoms with Crippen molar-refractivity contribution < 1.29 is 9.21 Å². The molecule has 1 aliphatic rings. The molecule has 164 valence electrons. The van der Waals surface area contributed by atoms with Crippen LogP contribution in [0.25, 0.3) is 22.1 Å². The van der Waals surface area contributed by atoms with E-state index in [0.29, 0.717) is 22.1 Å². The first-order valence-corrected chi connectivity index (χ1v) is 10.6. The number of likely N-dealkylation sites (tertiary alicyclic amines) is 1. The molecule has 0 saturated carbocycles. The molecule has 1 aromatic carbocycles. The Balaban J connectivity index is 1.52. The molecule has 10 heteroatoms. The van der Waals surface area contributed by atoms with E-state index in [4.69, 9.17) is 10.2 Å². The van der Waals surface area contributed by atoms with Crippen LogP contribution in [0.4, 0.5) is 11.8 Å². The van der Waals surface area contributed by atoms with E-state index in [2.05, 4.69) is 36.5 Å². The third-order valence-corrected chi connectivity index (χ3v) is 5.71. The first-order chi connectivity index (χ1) is 15.5. The van der Waals surface area contributed by atoms with Gasteiger partial charge in [0.25, 0.3) is 5.91 Å². The average Bonchev–Trinajstić information content (AvgIpc) is 3.37. The maximum atomic E-state index is 13.2. The Labute approximate surface area is 184 Å². The molecule has 4 aromatic rings. The van der Waals surface area contributed by atoms with Gasteiger partial charge in [-0.15, -0.1) is 0 Å². The molecule has 0 bridgehead atoms. The Morgan fingerprint density at radius 1 is 1.34 bits per heavy atom. The highest BCUT2D eigenvalue weighted by Gasteiger charge is 2.28. The van der Waals surface area contributed by atoms with Crippen molar-refractivity contribution in [3.05, 3.63) is 48.1 Å². The van der Waals surface area contributed by atoms with Crippen LogP contribution < -0.4 is 11.1 Å². The van der Waals surface area contributed by atoms with Crippen molar-refractivity contribution >= 4 is 39.9 Å². The van der Waals surface area contributed by atoms with Gasteiger partial charge < -0.3 is 15.1 Å². The number of hydrogen-bond donors (Lipinski definition) is 2. The number of anilines is 2. The van der Waals surface area contributed by atoms with Crippen molar-refractivity contribution in [2.75, 3.05) is 24.1 Å². The molecule has 0 radical (unpaired) electrons. The molecule has 0 spiro atoms. The average molecular weight is 432 g/mol. The molecule has 0 unspecified atom stereocenters. The Hall–Kier alpha value is -3.95. The normalized spacial score (nSPS) is 16.9.